The van der Waals surface area contributed by atoms with Crippen LogP contribution in [0.15, 0.2) is 12.2 Å². The molecule has 0 rings (SSSR count). The molecule has 3 atom stereocenters. The Morgan fingerprint density at radius 2 is 0.818 bits per heavy atom. The SMILES string of the molecule is CCCCCCCCCCCC/C=C\CCCCCCCCCC(=O)NC(COP(=O)(O)OCC[N+](C)(C)C)C(O)CCCCCCCCCCCCCCCCCCCCCCCCC. The number of hydrogen-bond donors (Lipinski definition) is 3. The van der Waals surface area contributed by atoms with Gasteiger partial charge in [-0.25, -0.2) is 4.57 Å². The molecule has 3 N–H and O–H groups in total. The molecule has 0 aromatic rings. The predicted octanol–water partition coefficient (Wildman–Crippen LogP) is 17.4. The van der Waals surface area contributed by atoms with Gasteiger partial charge in [0.25, 0.3) is 0 Å². The number of carbonyl (C=O) groups is 1. The van der Waals surface area contributed by atoms with Gasteiger partial charge >= 0.3 is 7.82 Å². The van der Waals surface area contributed by atoms with Crippen LogP contribution in [0.1, 0.15) is 296 Å². The molecule has 66 heavy (non-hydrogen) atoms. The Balaban J connectivity index is 4.16. The quantitative estimate of drug-likeness (QED) is 0.0243. The second-order valence-corrected chi connectivity index (χ2v) is 22.8. The van der Waals surface area contributed by atoms with Crippen molar-refractivity contribution in [2.24, 2.45) is 0 Å². The van der Waals surface area contributed by atoms with Crippen LogP contribution < -0.4 is 5.32 Å². The molecule has 0 aliphatic heterocycles. The molecule has 0 heterocycles. The van der Waals surface area contributed by atoms with Crippen molar-refractivity contribution in [3.63, 3.8) is 0 Å². The topological polar surface area (TPSA) is 105 Å². The van der Waals surface area contributed by atoms with Crippen LogP contribution in [0.25, 0.3) is 0 Å². The Hall–Kier alpha value is -0.760. The first-order valence-corrected chi connectivity index (χ1v) is 30.5. The monoisotopic (exact) mass is 956 g/mol. The minimum Gasteiger partial charge on any atom is -0.391 e. The number of amides is 1. The summed E-state index contributed by atoms with van der Waals surface area (Å²) in [5.41, 5.74) is 0. The van der Waals surface area contributed by atoms with Gasteiger partial charge in [-0.05, 0) is 38.5 Å². The van der Waals surface area contributed by atoms with Crippen molar-refractivity contribution in [3.05, 3.63) is 12.2 Å². The molecule has 0 aliphatic carbocycles. The van der Waals surface area contributed by atoms with Gasteiger partial charge in [0, 0.05) is 6.42 Å². The maximum absolute atomic E-state index is 13.0. The zero-order valence-electron chi connectivity index (χ0n) is 45.0. The van der Waals surface area contributed by atoms with Gasteiger partial charge in [-0.1, -0.05) is 264 Å². The average molecular weight is 957 g/mol. The molecule has 0 radical (unpaired) electrons. The first-order valence-electron chi connectivity index (χ1n) is 29.1. The second kappa shape index (κ2) is 49.2. The van der Waals surface area contributed by atoms with Gasteiger partial charge in [0.2, 0.25) is 5.91 Å². The molecular weight excluding hydrogens is 840 g/mol. The number of nitrogens with zero attached hydrogens (tertiary/aromatic N) is 1. The number of aliphatic hydroxyl groups excluding tert-OH is 1. The van der Waals surface area contributed by atoms with Gasteiger partial charge < -0.3 is 19.8 Å². The van der Waals surface area contributed by atoms with E-state index in [2.05, 4.69) is 31.3 Å². The van der Waals surface area contributed by atoms with Crippen molar-refractivity contribution in [2.75, 3.05) is 40.9 Å². The van der Waals surface area contributed by atoms with Crippen LogP contribution in [-0.2, 0) is 18.4 Å². The third-order valence-corrected chi connectivity index (χ3v) is 14.5. The van der Waals surface area contributed by atoms with Gasteiger partial charge in [-0.3, -0.25) is 13.8 Å². The number of nitrogens with one attached hydrogen (secondary N) is 1. The smallest absolute Gasteiger partial charge is 0.391 e. The van der Waals surface area contributed by atoms with Crippen LogP contribution >= 0.6 is 7.82 Å². The zero-order valence-corrected chi connectivity index (χ0v) is 45.9. The van der Waals surface area contributed by atoms with E-state index >= 15 is 0 Å². The van der Waals surface area contributed by atoms with E-state index in [4.69, 9.17) is 9.05 Å². The highest BCUT2D eigenvalue weighted by Crippen LogP contribution is 2.43. The summed E-state index contributed by atoms with van der Waals surface area (Å²) in [5, 5.41) is 14.1. The molecule has 0 aromatic heterocycles. The van der Waals surface area contributed by atoms with E-state index in [1.165, 1.54) is 231 Å². The van der Waals surface area contributed by atoms with Crippen molar-refractivity contribution in [2.45, 2.75) is 309 Å². The number of phosphoric acid groups is 1. The standard InChI is InChI=1S/C57H115N2O6P/c1-6-8-10-12-14-16-18-20-22-24-26-28-29-31-32-34-36-38-40-42-44-46-48-50-56(60)55(54-65-66(62,63)64-53-52-59(3,4)5)58-57(61)51-49-47-45-43-41-39-37-35-33-30-27-25-23-21-19-17-15-13-11-9-7-2/h30,33,55-56,60H,6-29,31-32,34-54H2,1-5H3,(H-,58,61,62,63)/p+1/b33-30-. The summed E-state index contributed by atoms with van der Waals surface area (Å²) >= 11 is 0. The maximum atomic E-state index is 13.0. The molecule has 0 aliphatic rings. The molecule has 0 aromatic carbocycles. The molecule has 0 saturated heterocycles. The van der Waals surface area contributed by atoms with Crippen LogP contribution in [0.4, 0.5) is 0 Å². The van der Waals surface area contributed by atoms with Gasteiger partial charge in [0.1, 0.15) is 13.2 Å². The molecule has 0 fully saturated rings. The summed E-state index contributed by atoms with van der Waals surface area (Å²) < 4.78 is 23.8. The van der Waals surface area contributed by atoms with Crippen molar-refractivity contribution >= 4 is 13.7 Å². The Bertz CT molecular complexity index is 1080. The Morgan fingerprint density at radius 3 is 1.17 bits per heavy atom. The minimum absolute atomic E-state index is 0.0763. The summed E-state index contributed by atoms with van der Waals surface area (Å²) in [6.45, 7) is 4.93. The van der Waals surface area contributed by atoms with Gasteiger partial charge in [-0.2, -0.15) is 0 Å². The first-order chi connectivity index (χ1) is 32.0. The van der Waals surface area contributed by atoms with Crippen molar-refractivity contribution in [1.29, 1.82) is 0 Å². The molecule has 0 bridgehead atoms. The summed E-state index contributed by atoms with van der Waals surface area (Å²) in [5.74, 6) is -0.143. The number of hydrogen-bond acceptors (Lipinski definition) is 5. The molecular formula is C57H116N2O6P+. The van der Waals surface area contributed by atoms with Crippen molar-refractivity contribution < 1.29 is 32.9 Å². The summed E-state index contributed by atoms with van der Waals surface area (Å²) in [7, 11) is 1.63. The van der Waals surface area contributed by atoms with Crippen molar-refractivity contribution in [3.8, 4) is 0 Å². The van der Waals surface area contributed by atoms with E-state index in [0.717, 1.165) is 38.5 Å². The summed E-state index contributed by atoms with van der Waals surface area (Å²) in [4.78, 5) is 23.3. The summed E-state index contributed by atoms with van der Waals surface area (Å²) in [6, 6.07) is -0.761. The van der Waals surface area contributed by atoms with Crippen LogP contribution in [0, 0.1) is 0 Å². The third kappa shape index (κ3) is 51.1. The molecule has 9 heteroatoms. The van der Waals surface area contributed by atoms with Crippen LogP contribution in [0.2, 0.25) is 0 Å². The van der Waals surface area contributed by atoms with E-state index in [0.29, 0.717) is 23.9 Å². The van der Waals surface area contributed by atoms with E-state index in [-0.39, 0.29) is 19.1 Å². The van der Waals surface area contributed by atoms with Crippen LogP contribution in [0.5, 0.6) is 0 Å². The predicted molar refractivity (Wildman–Crippen MR) is 286 cm³/mol. The molecule has 8 nitrogen and oxygen atoms in total. The van der Waals surface area contributed by atoms with E-state index in [1.807, 2.05) is 21.1 Å². The molecule has 1 amide bonds. The number of aliphatic hydroxyl groups is 1. The maximum Gasteiger partial charge on any atom is 0.472 e. The van der Waals surface area contributed by atoms with E-state index in [9.17, 15) is 19.4 Å². The number of phosphoric ester groups is 1. The average Bonchev–Trinajstić information content (AvgIpc) is 3.28. The second-order valence-electron chi connectivity index (χ2n) is 21.4. The lowest BCUT2D eigenvalue weighted by Gasteiger charge is -2.26. The number of quaternary nitrogens is 1. The molecule has 0 saturated carbocycles. The highest BCUT2D eigenvalue weighted by molar-refractivity contribution is 7.47. The van der Waals surface area contributed by atoms with Crippen LogP contribution in [-0.4, -0.2) is 73.4 Å². The van der Waals surface area contributed by atoms with E-state index in [1.54, 1.807) is 0 Å². The highest BCUT2D eigenvalue weighted by Gasteiger charge is 2.28. The minimum atomic E-state index is -4.32. The first kappa shape index (κ1) is 65.2. The number of allylic oxidation sites excluding steroid dienone is 2. The lowest BCUT2D eigenvalue weighted by Crippen LogP contribution is -2.46. The number of unbranched alkanes of at least 4 members (excludes halogenated alkanes) is 39. The van der Waals surface area contributed by atoms with Gasteiger partial charge in [0.15, 0.2) is 0 Å². The normalized spacial score (nSPS) is 14.0. The fourth-order valence-electron chi connectivity index (χ4n) is 8.93. The lowest BCUT2D eigenvalue weighted by atomic mass is 10.0. The largest absolute Gasteiger partial charge is 0.472 e. The van der Waals surface area contributed by atoms with E-state index < -0.39 is 20.0 Å². The van der Waals surface area contributed by atoms with Crippen LogP contribution in [0.3, 0.4) is 0 Å². The highest BCUT2D eigenvalue weighted by atomic mass is 31.2. The molecule has 3 unspecified atom stereocenters. The fraction of sp³-hybridized carbons (Fsp3) is 0.947. The van der Waals surface area contributed by atoms with Crippen molar-refractivity contribution in [1.82, 2.24) is 5.32 Å². The zero-order chi connectivity index (χ0) is 48.5. The number of rotatable bonds is 54. The third-order valence-electron chi connectivity index (χ3n) is 13.5. The summed E-state index contributed by atoms with van der Waals surface area (Å²) in [6.07, 6.45) is 59.8. The number of likely N-dealkylation sites (N-methyl/N-ethyl adjacent to an activating group) is 1. The van der Waals surface area contributed by atoms with Gasteiger partial charge in [0.05, 0.1) is 39.9 Å². The fourth-order valence-corrected chi connectivity index (χ4v) is 9.66. The number of carbonyl (C=O) groups excluding carboxylic acids is 1. The Morgan fingerprint density at radius 1 is 0.500 bits per heavy atom. The lowest BCUT2D eigenvalue weighted by molar-refractivity contribution is -0.870. The van der Waals surface area contributed by atoms with Gasteiger partial charge in [-0.15, -0.1) is 0 Å². The molecule has 394 valence electrons. The Labute approximate surface area is 412 Å². The Kier molecular flexibility index (Phi) is 48.7. The molecule has 0 spiro atoms.